The van der Waals surface area contributed by atoms with Gasteiger partial charge in [0.1, 0.15) is 0 Å². The molecule has 2 fully saturated rings. The van der Waals surface area contributed by atoms with Crippen molar-refractivity contribution in [2.45, 2.75) is 59.3 Å². The van der Waals surface area contributed by atoms with Crippen molar-refractivity contribution in [1.29, 1.82) is 0 Å². The molecule has 1 aliphatic heterocycles. The molecule has 0 aromatic carbocycles. The Balaban J connectivity index is 1.56. The summed E-state index contributed by atoms with van der Waals surface area (Å²) in [6.07, 6.45) is 9.54. The van der Waals surface area contributed by atoms with Gasteiger partial charge < -0.3 is 4.90 Å². The number of piperidine rings is 1. The zero-order valence-corrected chi connectivity index (χ0v) is 14.0. The van der Waals surface area contributed by atoms with Gasteiger partial charge in [-0.05, 0) is 54.4 Å². The van der Waals surface area contributed by atoms with Gasteiger partial charge >= 0.3 is 0 Å². The van der Waals surface area contributed by atoms with E-state index in [1.165, 1.54) is 31.2 Å². The van der Waals surface area contributed by atoms with E-state index >= 15 is 0 Å². The highest BCUT2D eigenvalue weighted by atomic mass is 15.2. The van der Waals surface area contributed by atoms with Crippen LogP contribution in [0.5, 0.6) is 0 Å². The van der Waals surface area contributed by atoms with Crippen LogP contribution in [0.25, 0.3) is 0 Å². The average Bonchev–Trinajstić information content (AvgIpc) is 2.45. The second-order valence-electron chi connectivity index (χ2n) is 7.87. The third-order valence-corrected chi connectivity index (χ3v) is 5.77. The first kappa shape index (κ1) is 14.8. The molecular weight excluding hydrogens is 258 g/mol. The van der Waals surface area contributed by atoms with Gasteiger partial charge in [0.05, 0.1) is 0 Å². The Labute approximate surface area is 129 Å². The Kier molecular flexibility index (Phi) is 3.94. The summed E-state index contributed by atoms with van der Waals surface area (Å²) < 4.78 is 0. The fourth-order valence-corrected chi connectivity index (χ4v) is 3.91. The Morgan fingerprint density at radius 3 is 2.10 bits per heavy atom. The third kappa shape index (κ3) is 2.93. The molecule has 3 rings (SSSR count). The van der Waals surface area contributed by atoms with Gasteiger partial charge in [0.15, 0.2) is 0 Å². The van der Waals surface area contributed by atoms with E-state index < -0.39 is 0 Å². The van der Waals surface area contributed by atoms with Crippen LogP contribution in [0.15, 0.2) is 12.4 Å². The van der Waals surface area contributed by atoms with Crippen LogP contribution < -0.4 is 4.90 Å². The molecule has 0 amide bonds. The molecule has 1 aromatic rings. The summed E-state index contributed by atoms with van der Waals surface area (Å²) in [5.41, 5.74) is 1.88. The zero-order chi connectivity index (χ0) is 15.0. The van der Waals surface area contributed by atoms with Gasteiger partial charge in [0, 0.05) is 25.5 Å². The molecular formula is C18H29N3. The van der Waals surface area contributed by atoms with E-state index in [2.05, 4.69) is 42.6 Å². The van der Waals surface area contributed by atoms with Crippen molar-refractivity contribution in [3.05, 3.63) is 18.0 Å². The van der Waals surface area contributed by atoms with Crippen LogP contribution in [-0.2, 0) is 0 Å². The van der Waals surface area contributed by atoms with Crippen LogP contribution in [0.3, 0.4) is 0 Å². The fourth-order valence-electron chi connectivity index (χ4n) is 3.91. The summed E-state index contributed by atoms with van der Waals surface area (Å²) in [5, 5.41) is 0. The molecule has 116 valence electrons. The molecule has 0 unspecified atom stereocenters. The molecule has 1 aromatic heterocycles. The van der Waals surface area contributed by atoms with E-state index in [9.17, 15) is 0 Å². The van der Waals surface area contributed by atoms with Gasteiger partial charge in [-0.3, -0.25) is 0 Å². The van der Waals surface area contributed by atoms with Crippen molar-refractivity contribution < 1.29 is 0 Å². The summed E-state index contributed by atoms with van der Waals surface area (Å²) in [7, 11) is 0. The Bertz CT molecular complexity index is 462. The molecule has 3 heteroatoms. The Hall–Kier alpha value is -1.12. The van der Waals surface area contributed by atoms with Crippen molar-refractivity contribution in [2.24, 2.45) is 17.3 Å². The predicted octanol–water partition coefficient (Wildman–Crippen LogP) is 4.25. The molecule has 0 radical (unpaired) electrons. The summed E-state index contributed by atoms with van der Waals surface area (Å²) in [6.45, 7) is 11.4. The second-order valence-corrected chi connectivity index (χ2v) is 7.87. The van der Waals surface area contributed by atoms with Crippen LogP contribution >= 0.6 is 0 Å². The monoisotopic (exact) mass is 287 g/mol. The van der Waals surface area contributed by atoms with Crippen LogP contribution in [0, 0.1) is 17.3 Å². The lowest BCUT2D eigenvalue weighted by atomic mass is 9.55. The van der Waals surface area contributed by atoms with E-state index in [1.807, 2.05) is 12.4 Å². The molecule has 0 N–H and O–H groups in total. The highest BCUT2D eigenvalue weighted by Crippen LogP contribution is 2.54. The van der Waals surface area contributed by atoms with Crippen LogP contribution in [0.4, 0.5) is 5.95 Å². The van der Waals surface area contributed by atoms with Crippen molar-refractivity contribution >= 4 is 5.95 Å². The van der Waals surface area contributed by atoms with Crippen LogP contribution in [0.1, 0.15) is 64.9 Å². The Morgan fingerprint density at radius 1 is 1.05 bits per heavy atom. The van der Waals surface area contributed by atoms with Crippen molar-refractivity contribution in [1.82, 2.24) is 9.97 Å². The van der Waals surface area contributed by atoms with Crippen LogP contribution in [-0.4, -0.2) is 23.1 Å². The van der Waals surface area contributed by atoms with E-state index in [0.717, 1.165) is 30.9 Å². The molecule has 0 bridgehead atoms. The van der Waals surface area contributed by atoms with Gasteiger partial charge in [-0.1, -0.05) is 27.7 Å². The minimum atomic E-state index is 0.506. The molecule has 1 spiro atoms. The number of rotatable bonds is 3. The zero-order valence-electron chi connectivity index (χ0n) is 14.0. The number of aromatic nitrogens is 2. The van der Waals surface area contributed by atoms with E-state index in [1.54, 1.807) is 0 Å². The van der Waals surface area contributed by atoms with E-state index in [4.69, 9.17) is 0 Å². The van der Waals surface area contributed by atoms with E-state index in [0.29, 0.717) is 11.3 Å². The highest BCUT2D eigenvalue weighted by molar-refractivity contribution is 5.31. The summed E-state index contributed by atoms with van der Waals surface area (Å²) in [4.78, 5) is 11.5. The first-order chi connectivity index (χ1) is 9.99. The number of hydrogen-bond donors (Lipinski definition) is 0. The molecule has 2 aliphatic rings. The minimum absolute atomic E-state index is 0.506. The van der Waals surface area contributed by atoms with Crippen LogP contribution in [0.2, 0.25) is 0 Å². The third-order valence-electron chi connectivity index (χ3n) is 5.77. The first-order valence-corrected chi connectivity index (χ1v) is 8.56. The second kappa shape index (κ2) is 5.58. The fraction of sp³-hybridized carbons (Fsp3) is 0.778. The largest absolute Gasteiger partial charge is 0.341 e. The van der Waals surface area contributed by atoms with Crippen molar-refractivity contribution in [3.8, 4) is 0 Å². The molecule has 2 heterocycles. The van der Waals surface area contributed by atoms with Crippen molar-refractivity contribution in [3.63, 3.8) is 0 Å². The highest BCUT2D eigenvalue weighted by Gasteiger charge is 2.46. The number of hydrogen-bond acceptors (Lipinski definition) is 3. The van der Waals surface area contributed by atoms with Gasteiger partial charge in [-0.25, -0.2) is 9.97 Å². The predicted molar refractivity (Wildman–Crippen MR) is 87.6 cm³/mol. The normalized spacial score (nSPS) is 22.1. The molecule has 21 heavy (non-hydrogen) atoms. The number of nitrogens with zero attached hydrogens (tertiary/aromatic N) is 3. The lowest BCUT2D eigenvalue weighted by molar-refractivity contribution is 0.00310. The summed E-state index contributed by atoms with van der Waals surface area (Å²) >= 11 is 0. The van der Waals surface area contributed by atoms with Gasteiger partial charge in [0.2, 0.25) is 5.95 Å². The smallest absolute Gasteiger partial charge is 0.225 e. The molecule has 0 atom stereocenters. The maximum Gasteiger partial charge on any atom is 0.225 e. The number of anilines is 1. The standard InChI is InChI=1S/C18H29N3/c1-13(2)15-9-18(10-15)5-7-21(8-6-18)17-19-11-16(12-20-17)14(3)4/h11-15H,5-10H2,1-4H3. The maximum absolute atomic E-state index is 4.57. The quantitative estimate of drug-likeness (QED) is 0.832. The minimum Gasteiger partial charge on any atom is -0.341 e. The van der Waals surface area contributed by atoms with Gasteiger partial charge in [-0.15, -0.1) is 0 Å². The maximum atomic E-state index is 4.57. The average molecular weight is 287 g/mol. The summed E-state index contributed by atoms with van der Waals surface area (Å²) in [5.74, 6) is 3.26. The van der Waals surface area contributed by atoms with Gasteiger partial charge in [-0.2, -0.15) is 0 Å². The van der Waals surface area contributed by atoms with E-state index in [-0.39, 0.29) is 0 Å². The topological polar surface area (TPSA) is 29.0 Å². The Morgan fingerprint density at radius 2 is 1.62 bits per heavy atom. The molecule has 1 saturated carbocycles. The lowest BCUT2D eigenvalue weighted by Crippen LogP contribution is -2.48. The summed E-state index contributed by atoms with van der Waals surface area (Å²) in [6, 6.07) is 0. The first-order valence-electron chi connectivity index (χ1n) is 8.56. The SMILES string of the molecule is CC(C)c1cnc(N2CCC3(CC2)CC(C(C)C)C3)nc1. The van der Waals surface area contributed by atoms with Crippen molar-refractivity contribution in [2.75, 3.05) is 18.0 Å². The molecule has 1 aliphatic carbocycles. The lowest BCUT2D eigenvalue weighted by Gasteiger charge is -2.53. The molecule has 1 saturated heterocycles. The van der Waals surface area contributed by atoms with Gasteiger partial charge in [0.25, 0.3) is 0 Å². The molecule has 3 nitrogen and oxygen atoms in total.